The lowest BCUT2D eigenvalue weighted by Crippen LogP contribution is -2.28. The number of likely N-dealkylation sites (tertiary alicyclic amines) is 1. The van der Waals surface area contributed by atoms with Crippen LogP contribution in [0.25, 0.3) is 0 Å². The predicted octanol–water partition coefficient (Wildman–Crippen LogP) is 3.12. The molecule has 2 rings (SSSR count). The van der Waals surface area contributed by atoms with Crippen molar-refractivity contribution in [3.63, 3.8) is 0 Å². The second-order valence-electron chi connectivity index (χ2n) is 4.74. The average Bonchev–Trinajstić information content (AvgIpc) is 2.86. The SMILES string of the molecule is CCC1CCN(C(=O)c2ccc([N+](=O)[O-])cc2Cl)C1. The monoisotopic (exact) mass is 282 g/mol. The summed E-state index contributed by atoms with van der Waals surface area (Å²) in [7, 11) is 0. The molecule has 0 bridgehead atoms. The van der Waals surface area contributed by atoms with E-state index in [2.05, 4.69) is 6.92 Å². The van der Waals surface area contributed by atoms with Gasteiger partial charge < -0.3 is 4.90 Å². The van der Waals surface area contributed by atoms with E-state index in [1.807, 2.05) is 0 Å². The van der Waals surface area contributed by atoms with Gasteiger partial charge in [-0.1, -0.05) is 24.9 Å². The van der Waals surface area contributed by atoms with Gasteiger partial charge in [0.15, 0.2) is 0 Å². The van der Waals surface area contributed by atoms with Gasteiger partial charge in [0.25, 0.3) is 11.6 Å². The van der Waals surface area contributed by atoms with Gasteiger partial charge in [-0.2, -0.15) is 0 Å². The topological polar surface area (TPSA) is 63.5 Å². The Kier molecular flexibility index (Phi) is 4.04. The largest absolute Gasteiger partial charge is 0.338 e. The van der Waals surface area contributed by atoms with Gasteiger partial charge in [-0.05, 0) is 18.4 Å². The molecule has 0 aliphatic carbocycles. The van der Waals surface area contributed by atoms with Crippen LogP contribution in [-0.4, -0.2) is 28.8 Å². The highest BCUT2D eigenvalue weighted by Gasteiger charge is 2.27. The van der Waals surface area contributed by atoms with Crippen LogP contribution in [0.4, 0.5) is 5.69 Å². The van der Waals surface area contributed by atoms with Crippen molar-refractivity contribution in [1.29, 1.82) is 0 Å². The lowest BCUT2D eigenvalue weighted by molar-refractivity contribution is -0.384. The smallest absolute Gasteiger partial charge is 0.270 e. The Bertz CT molecular complexity index is 519. The number of hydrogen-bond acceptors (Lipinski definition) is 3. The molecule has 1 heterocycles. The van der Waals surface area contributed by atoms with E-state index < -0.39 is 4.92 Å². The van der Waals surface area contributed by atoms with E-state index in [-0.39, 0.29) is 16.6 Å². The van der Waals surface area contributed by atoms with Crippen LogP contribution in [0.3, 0.4) is 0 Å². The zero-order valence-electron chi connectivity index (χ0n) is 10.6. The fourth-order valence-electron chi connectivity index (χ4n) is 2.31. The fourth-order valence-corrected chi connectivity index (χ4v) is 2.57. The second-order valence-corrected chi connectivity index (χ2v) is 5.14. The lowest BCUT2D eigenvalue weighted by Gasteiger charge is -2.17. The second kappa shape index (κ2) is 5.57. The highest BCUT2D eigenvalue weighted by Crippen LogP contribution is 2.26. The van der Waals surface area contributed by atoms with E-state index in [0.717, 1.165) is 25.9 Å². The normalized spacial score (nSPS) is 18.6. The number of benzene rings is 1. The van der Waals surface area contributed by atoms with Crippen molar-refractivity contribution in [3.05, 3.63) is 38.9 Å². The molecule has 1 atom stereocenters. The van der Waals surface area contributed by atoms with E-state index in [9.17, 15) is 14.9 Å². The molecule has 5 nitrogen and oxygen atoms in total. The molecule has 102 valence electrons. The zero-order chi connectivity index (χ0) is 14.0. The number of rotatable bonds is 3. The number of carbonyl (C=O) groups excluding carboxylic acids is 1. The summed E-state index contributed by atoms with van der Waals surface area (Å²) in [6.07, 6.45) is 2.06. The van der Waals surface area contributed by atoms with Crippen LogP contribution in [0.2, 0.25) is 5.02 Å². The summed E-state index contributed by atoms with van der Waals surface area (Å²) < 4.78 is 0. The van der Waals surface area contributed by atoms with Crippen molar-refractivity contribution in [2.45, 2.75) is 19.8 Å². The van der Waals surface area contributed by atoms with Gasteiger partial charge in [-0.25, -0.2) is 0 Å². The Balaban J connectivity index is 2.18. The van der Waals surface area contributed by atoms with Crippen molar-refractivity contribution in [2.75, 3.05) is 13.1 Å². The highest BCUT2D eigenvalue weighted by atomic mass is 35.5. The molecule has 1 amide bonds. The molecular weight excluding hydrogens is 268 g/mol. The highest BCUT2D eigenvalue weighted by molar-refractivity contribution is 6.34. The molecule has 0 N–H and O–H groups in total. The molecule has 1 aliphatic heterocycles. The molecule has 1 aromatic rings. The number of nitro groups is 1. The van der Waals surface area contributed by atoms with E-state index >= 15 is 0 Å². The third kappa shape index (κ3) is 2.87. The van der Waals surface area contributed by atoms with Gasteiger partial charge >= 0.3 is 0 Å². The summed E-state index contributed by atoms with van der Waals surface area (Å²) in [5, 5.41) is 10.8. The molecule has 1 aromatic carbocycles. The van der Waals surface area contributed by atoms with Crippen LogP contribution >= 0.6 is 11.6 Å². The summed E-state index contributed by atoms with van der Waals surface area (Å²) in [4.78, 5) is 24.1. The minimum Gasteiger partial charge on any atom is -0.338 e. The van der Waals surface area contributed by atoms with Gasteiger partial charge in [-0.3, -0.25) is 14.9 Å². The fraction of sp³-hybridized carbons (Fsp3) is 0.462. The van der Waals surface area contributed by atoms with Crippen LogP contribution in [0.5, 0.6) is 0 Å². The Hall–Kier alpha value is -1.62. The minimum atomic E-state index is -0.525. The first kappa shape index (κ1) is 13.8. The van der Waals surface area contributed by atoms with Crippen LogP contribution < -0.4 is 0 Å². The molecule has 0 radical (unpaired) electrons. The summed E-state index contributed by atoms with van der Waals surface area (Å²) >= 11 is 5.97. The lowest BCUT2D eigenvalue weighted by atomic mass is 10.1. The predicted molar refractivity (Wildman–Crippen MR) is 72.4 cm³/mol. The van der Waals surface area contributed by atoms with Crippen molar-refractivity contribution in [2.24, 2.45) is 5.92 Å². The minimum absolute atomic E-state index is 0.102. The molecule has 1 aliphatic rings. The molecule has 6 heteroatoms. The van der Waals surface area contributed by atoms with E-state index in [1.54, 1.807) is 4.90 Å². The Morgan fingerprint density at radius 2 is 2.32 bits per heavy atom. The maximum Gasteiger partial charge on any atom is 0.270 e. The van der Waals surface area contributed by atoms with E-state index in [1.165, 1.54) is 18.2 Å². The van der Waals surface area contributed by atoms with Crippen LogP contribution in [0.1, 0.15) is 30.1 Å². The van der Waals surface area contributed by atoms with Gasteiger partial charge in [-0.15, -0.1) is 0 Å². The summed E-state index contributed by atoms with van der Waals surface area (Å²) in [5.74, 6) is 0.400. The number of amides is 1. The third-order valence-corrected chi connectivity index (χ3v) is 3.86. The average molecular weight is 283 g/mol. The van der Waals surface area contributed by atoms with Gasteiger partial charge in [0.2, 0.25) is 0 Å². The number of hydrogen-bond donors (Lipinski definition) is 0. The number of carbonyl (C=O) groups is 1. The number of non-ortho nitro benzene ring substituents is 1. The van der Waals surface area contributed by atoms with Gasteiger partial charge in [0.1, 0.15) is 0 Å². The quantitative estimate of drug-likeness (QED) is 0.632. The Morgan fingerprint density at radius 3 is 2.84 bits per heavy atom. The summed E-state index contributed by atoms with van der Waals surface area (Å²) in [5.41, 5.74) is 0.235. The first-order valence-electron chi connectivity index (χ1n) is 6.26. The van der Waals surface area contributed by atoms with Crippen LogP contribution in [0.15, 0.2) is 18.2 Å². The standard InChI is InChI=1S/C13H15ClN2O3/c1-2-9-5-6-15(8-9)13(17)11-4-3-10(16(18)19)7-12(11)14/h3-4,7,9H,2,5-6,8H2,1H3. The number of nitrogens with zero attached hydrogens (tertiary/aromatic N) is 2. The molecule has 0 spiro atoms. The molecular formula is C13H15ClN2O3. The van der Waals surface area contributed by atoms with Crippen LogP contribution in [0, 0.1) is 16.0 Å². The maximum atomic E-state index is 12.3. The molecule has 1 fully saturated rings. The third-order valence-electron chi connectivity index (χ3n) is 3.54. The molecule has 1 unspecified atom stereocenters. The molecule has 0 aromatic heterocycles. The van der Waals surface area contributed by atoms with Crippen molar-refractivity contribution < 1.29 is 9.72 Å². The number of halogens is 1. The molecule has 1 saturated heterocycles. The molecule has 19 heavy (non-hydrogen) atoms. The van der Waals surface area contributed by atoms with E-state index in [4.69, 9.17) is 11.6 Å². The first-order valence-corrected chi connectivity index (χ1v) is 6.64. The van der Waals surface area contributed by atoms with E-state index in [0.29, 0.717) is 11.5 Å². The summed E-state index contributed by atoms with van der Waals surface area (Å²) in [6, 6.07) is 3.97. The molecule has 0 saturated carbocycles. The zero-order valence-corrected chi connectivity index (χ0v) is 11.4. The Morgan fingerprint density at radius 1 is 1.58 bits per heavy atom. The van der Waals surface area contributed by atoms with Crippen molar-refractivity contribution in [3.8, 4) is 0 Å². The Labute approximate surface area is 116 Å². The van der Waals surface area contributed by atoms with Crippen molar-refractivity contribution in [1.82, 2.24) is 4.90 Å². The van der Waals surface area contributed by atoms with Crippen molar-refractivity contribution >= 4 is 23.2 Å². The van der Waals surface area contributed by atoms with Gasteiger partial charge in [0.05, 0.1) is 15.5 Å². The summed E-state index contributed by atoms with van der Waals surface area (Å²) in [6.45, 7) is 3.57. The first-order chi connectivity index (χ1) is 9.02. The maximum absolute atomic E-state index is 12.3. The number of nitro benzene ring substituents is 1. The van der Waals surface area contributed by atoms with Crippen LogP contribution in [-0.2, 0) is 0 Å². The van der Waals surface area contributed by atoms with Gasteiger partial charge in [0, 0.05) is 25.2 Å².